The van der Waals surface area contributed by atoms with E-state index < -0.39 is 0 Å². The molecule has 3 aromatic rings. The lowest BCUT2D eigenvalue weighted by atomic mass is 9.99. The number of ether oxygens (including phenoxy) is 1. The zero-order valence-electron chi connectivity index (χ0n) is 15.7. The van der Waals surface area contributed by atoms with Crippen LogP contribution in [0.25, 0.3) is 10.9 Å². The number of H-pyrrole nitrogens is 1. The number of aromatic nitrogens is 2. The van der Waals surface area contributed by atoms with Gasteiger partial charge in [0.05, 0.1) is 6.20 Å². The van der Waals surface area contributed by atoms with Crippen molar-refractivity contribution < 1.29 is 13.9 Å². The van der Waals surface area contributed by atoms with Gasteiger partial charge in [0.25, 0.3) is 5.91 Å². The Morgan fingerprint density at radius 2 is 2.18 bits per heavy atom. The van der Waals surface area contributed by atoms with Crippen LogP contribution < -0.4 is 4.74 Å². The van der Waals surface area contributed by atoms with Gasteiger partial charge in [0, 0.05) is 36.1 Å². The Morgan fingerprint density at radius 3 is 3.00 bits per heavy atom. The van der Waals surface area contributed by atoms with Crippen LogP contribution in [0.15, 0.2) is 42.7 Å². The van der Waals surface area contributed by atoms with Crippen molar-refractivity contribution in [1.29, 1.82) is 0 Å². The molecule has 2 aliphatic rings. The molecule has 5 nitrogen and oxygen atoms in total. The molecule has 1 aromatic carbocycles. The molecule has 0 radical (unpaired) electrons. The van der Waals surface area contributed by atoms with Gasteiger partial charge in [-0.05, 0) is 61.6 Å². The number of halogens is 1. The van der Waals surface area contributed by atoms with Gasteiger partial charge in [0.15, 0.2) is 0 Å². The van der Waals surface area contributed by atoms with Crippen LogP contribution in [0.1, 0.15) is 28.9 Å². The molecule has 1 saturated heterocycles. The van der Waals surface area contributed by atoms with Gasteiger partial charge >= 0.3 is 0 Å². The molecular formula is C22H22FN3O2. The number of likely N-dealkylation sites (tertiary alicyclic amines) is 1. The van der Waals surface area contributed by atoms with Crippen LogP contribution in [0.5, 0.6) is 5.75 Å². The highest BCUT2D eigenvalue weighted by Crippen LogP contribution is 2.40. The van der Waals surface area contributed by atoms with Gasteiger partial charge in [-0.25, -0.2) is 4.39 Å². The highest BCUT2D eigenvalue weighted by molar-refractivity contribution is 6.01. The average molecular weight is 379 g/mol. The van der Waals surface area contributed by atoms with Crippen LogP contribution in [0, 0.1) is 24.6 Å². The molecule has 3 heterocycles. The molecule has 1 aliphatic heterocycles. The summed E-state index contributed by atoms with van der Waals surface area (Å²) in [6, 6.07) is 8.37. The summed E-state index contributed by atoms with van der Waals surface area (Å²) in [5.74, 6) is 1.29. The Labute approximate surface area is 162 Å². The molecule has 0 unspecified atom stereocenters. The predicted molar refractivity (Wildman–Crippen MR) is 104 cm³/mol. The number of nitrogens with zero attached hydrogens (tertiary/aromatic N) is 2. The monoisotopic (exact) mass is 379 g/mol. The smallest absolute Gasteiger partial charge is 0.270 e. The quantitative estimate of drug-likeness (QED) is 0.750. The summed E-state index contributed by atoms with van der Waals surface area (Å²) in [6.07, 6.45) is 5.66. The molecule has 1 saturated carbocycles. The minimum absolute atomic E-state index is 0.0105. The van der Waals surface area contributed by atoms with E-state index in [2.05, 4.69) is 9.97 Å². The third kappa shape index (κ3) is 2.84. The summed E-state index contributed by atoms with van der Waals surface area (Å²) in [5, 5.41) is 0.764. The molecule has 6 heteroatoms. The number of hydrogen-bond acceptors (Lipinski definition) is 3. The number of pyridine rings is 1. The van der Waals surface area contributed by atoms with Crippen LogP contribution in [0.4, 0.5) is 4.39 Å². The van der Waals surface area contributed by atoms with Gasteiger partial charge in [0.2, 0.25) is 0 Å². The minimum atomic E-state index is -0.292. The van der Waals surface area contributed by atoms with E-state index in [4.69, 9.17) is 4.74 Å². The largest absolute Gasteiger partial charge is 0.488 e. The SMILES string of the molecule is Cc1c(C(=O)N2C[C@H]3CC[C@H](Oc4cccnc4)[C@H]3C2)[nH]c2ccc(F)cc12. The molecule has 3 atom stereocenters. The highest BCUT2D eigenvalue weighted by atomic mass is 19.1. The summed E-state index contributed by atoms with van der Waals surface area (Å²) in [4.78, 5) is 22.4. The Bertz CT molecular complexity index is 1030. The van der Waals surface area contributed by atoms with E-state index in [1.54, 1.807) is 18.5 Å². The summed E-state index contributed by atoms with van der Waals surface area (Å²) in [6.45, 7) is 3.31. The van der Waals surface area contributed by atoms with E-state index >= 15 is 0 Å². The summed E-state index contributed by atoms with van der Waals surface area (Å²) in [7, 11) is 0. The third-order valence-corrected chi connectivity index (χ3v) is 6.23. The average Bonchev–Trinajstić information content (AvgIpc) is 3.37. The van der Waals surface area contributed by atoms with Crippen molar-refractivity contribution in [3.05, 3.63) is 59.8 Å². The maximum Gasteiger partial charge on any atom is 0.270 e. The second-order valence-electron chi connectivity index (χ2n) is 7.87. The lowest BCUT2D eigenvalue weighted by molar-refractivity contribution is 0.0757. The Kier molecular flexibility index (Phi) is 4.07. The van der Waals surface area contributed by atoms with Crippen LogP contribution >= 0.6 is 0 Å². The molecule has 0 spiro atoms. The molecule has 2 aromatic heterocycles. The van der Waals surface area contributed by atoms with Crippen molar-refractivity contribution in [2.75, 3.05) is 13.1 Å². The molecule has 144 valence electrons. The van der Waals surface area contributed by atoms with E-state index in [1.165, 1.54) is 12.1 Å². The Morgan fingerprint density at radius 1 is 1.29 bits per heavy atom. The lowest BCUT2D eigenvalue weighted by Gasteiger charge is -2.22. The van der Waals surface area contributed by atoms with Crippen LogP contribution in [0.3, 0.4) is 0 Å². The van der Waals surface area contributed by atoms with Crippen molar-refractivity contribution in [2.45, 2.75) is 25.9 Å². The zero-order chi connectivity index (χ0) is 19.3. The minimum Gasteiger partial charge on any atom is -0.488 e. The van der Waals surface area contributed by atoms with Gasteiger partial charge in [-0.2, -0.15) is 0 Å². The molecule has 28 heavy (non-hydrogen) atoms. The van der Waals surface area contributed by atoms with E-state index in [9.17, 15) is 9.18 Å². The third-order valence-electron chi connectivity index (χ3n) is 6.23. The number of aryl methyl sites for hydroxylation is 1. The maximum absolute atomic E-state index is 13.6. The fourth-order valence-corrected chi connectivity index (χ4v) is 4.79. The van der Waals surface area contributed by atoms with Crippen molar-refractivity contribution in [3.8, 4) is 5.75 Å². The van der Waals surface area contributed by atoms with Gasteiger partial charge in [-0.15, -0.1) is 0 Å². The Balaban J connectivity index is 1.35. The summed E-state index contributed by atoms with van der Waals surface area (Å²) < 4.78 is 19.7. The van der Waals surface area contributed by atoms with Gasteiger partial charge in [0.1, 0.15) is 23.4 Å². The molecule has 1 amide bonds. The second kappa shape index (κ2) is 6.62. The predicted octanol–water partition coefficient (Wildman–Crippen LogP) is 3.94. The normalized spacial score (nSPS) is 23.9. The first-order valence-corrected chi connectivity index (χ1v) is 9.74. The van der Waals surface area contributed by atoms with Crippen molar-refractivity contribution >= 4 is 16.8 Å². The highest BCUT2D eigenvalue weighted by Gasteiger charge is 2.45. The zero-order valence-corrected chi connectivity index (χ0v) is 15.7. The fraction of sp³-hybridized carbons (Fsp3) is 0.364. The van der Waals surface area contributed by atoms with Crippen LogP contribution in [-0.4, -0.2) is 40.0 Å². The number of benzene rings is 1. The van der Waals surface area contributed by atoms with E-state index in [0.717, 1.165) is 41.6 Å². The van der Waals surface area contributed by atoms with Gasteiger partial charge in [-0.3, -0.25) is 9.78 Å². The molecule has 0 bridgehead atoms. The molecule has 1 N–H and O–H groups in total. The van der Waals surface area contributed by atoms with Crippen molar-refractivity contribution in [2.24, 2.45) is 11.8 Å². The maximum atomic E-state index is 13.6. The topological polar surface area (TPSA) is 58.2 Å². The first-order valence-electron chi connectivity index (χ1n) is 9.74. The first kappa shape index (κ1) is 17.2. The number of rotatable bonds is 3. The number of aromatic amines is 1. The van der Waals surface area contributed by atoms with E-state index in [-0.39, 0.29) is 17.8 Å². The summed E-state index contributed by atoms with van der Waals surface area (Å²) in [5.41, 5.74) is 2.16. The van der Waals surface area contributed by atoms with Crippen LogP contribution in [0.2, 0.25) is 0 Å². The van der Waals surface area contributed by atoms with Crippen LogP contribution in [-0.2, 0) is 0 Å². The van der Waals surface area contributed by atoms with Crippen molar-refractivity contribution in [3.63, 3.8) is 0 Å². The van der Waals surface area contributed by atoms with Crippen molar-refractivity contribution in [1.82, 2.24) is 14.9 Å². The number of amides is 1. The summed E-state index contributed by atoms with van der Waals surface area (Å²) >= 11 is 0. The lowest BCUT2D eigenvalue weighted by Crippen LogP contribution is -2.33. The fourth-order valence-electron chi connectivity index (χ4n) is 4.79. The standard InChI is InChI=1S/C22H22FN3O2/c1-13-17-9-15(23)5-6-19(17)25-21(13)22(27)26-11-14-4-7-20(18(14)12-26)28-16-3-2-8-24-10-16/h2-3,5-6,8-10,14,18,20,25H,4,7,11-12H2,1H3/t14-,18+,20+/m1/s1. The number of carbonyl (C=O) groups excluding carboxylic acids is 1. The van der Waals surface area contributed by atoms with E-state index in [0.29, 0.717) is 24.1 Å². The molecular weight excluding hydrogens is 357 g/mol. The molecule has 2 fully saturated rings. The second-order valence-corrected chi connectivity index (χ2v) is 7.87. The Hall–Kier alpha value is -2.89. The number of fused-ring (bicyclic) bond motifs is 2. The van der Waals surface area contributed by atoms with Gasteiger partial charge in [-0.1, -0.05) is 0 Å². The molecule has 1 aliphatic carbocycles. The first-order chi connectivity index (χ1) is 13.6. The van der Waals surface area contributed by atoms with E-state index in [1.807, 2.05) is 24.0 Å². The molecule has 5 rings (SSSR count). The number of nitrogens with one attached hydrogen (secondary N) is 1. The number of carbonyl (C=O) groups is 1. The number of hydrogen-bond donors (Lipinski definition) is 1. The van der Waals surface area contributed by atoms with Gasteiger partial charge < -0.3 is 14.6 Å².